The van der Waals surface area contributed by atoms with Crippen LogP contribution in [0, 0.1) is 0 Å². The predicted molar refractivity (Wildman–Crippen MR) is 99.0 cm³/mol. The van der Waals surface area contributed by atoms with Crippen molar-refractivity contribution in [3.05, 3.63) is 34.9 Å². The number of fused-ring (bicyclic) bond motifs is 1. The van der Waals surface area contributed by atoms with E-state index < -0.39 is 17.9 Å². The zero-order chi connectivity index (χ0) is 19.8. The molecule has 1 atom stereocenters. The first kappa shape index (κ1) is 20.6. The molecule has 1 unspecified atom stereocenters. The summed E-state index contributed by atoms with van der Waals surface area (Å²) in [6.45, 7) is 0.329. The Bertz CT molecular complexity index is 716. The summed E-state index contributed by atoms with van der Waals surface area (Å²) in [5.41, 5.74) is 7.93. The van der Waals surface area contributed by atoms with Crippen molar-refractivity contribution < 1.29 is 24.3 Å². The average Bonchev–Trinajstić information content (AvgIpc) is 2.94. The molecule has 3 N–H and O–H groups in total. The molecule has 1 aromatic carbocycles. The predicted octanol–water partition coefficient (Wildman–Crippen LogP) is 2.05. The number of benzene rings is 1. The summed E-state index contributed by atoms with van der Waals surface area (Å²) in [7, 11) is 0. The Labute approximate surface area is 158 Å². The molecule has 146 valence electrons. The number of nitrogens with zero attached hydrogens (tertiary/aromatic N) is 1. The van der Waals surface area contributed by atoms with Crippen LogP contribution in [0.2, 0.25) is 0 Å². The molecule has 1 aromatic rings. The van der Waals surface area contributed by atoms with E-state index in [1.165, 1.54) is 4.90 Å². The van der Waals surface area contributed by atoms with Crippen molar-refractivity contribution in [3.63, 3.8) is 0 Å². The summed E-state index contributed by atoms with van der Waals surface area (Å²) >= 11 is 0. The van der Waals surface area contributed by atoms with Crippen LogP contribution in [0.4, 0.5) is 0 Å². The smallest absolute Gasteiger partial charge is 0.303 e. The van der Waals surface area contributed by atoms with Gasteiger partial charge in [0.1, 0.15) is 12.3 Å². The Kier molecular flexibility index (Phi) is 7.52. The molecule has 0 saturated carbocycles. The Morgan fingerprint density at radius 2 is 1.96 bits per heavy atom. The van der Waals surface area contributed by atoms with E-state index in [4.69, 9.17) is 10.8 Å². The molecule has 2 rings (SSSR count). The van der Waals surface area contributed by atoms with Gasteiger partial charge in [-0.25, -0.2) is 0 Å². The topological polar surface area (TPSA) is 118 Å². The number of primary amides is 1. The maximum Gasteiger partial charge on any atom is 0.303 e. The van der Waals surface area contributed by atoms with Crippen molar-refractivity contribution in [2.24, 2.45) is 5.73 Å². The lowest BCUT2D eigenvalue weighted by Crippen LogP contribution is -2.44. The van der Waals surface area contributed by atoms with Crippen molar-refractivity contribution >= 4 is 24.1 Å². The van der Waals surface area contributed by atoms with Gasteiger partial charge in [0.05, 0.1) is 0 Å². The van der Waals surface area contributed by atoms with E-state index in [9.17, 15) is 19.2 Å². The van der Waals surface area contributed by atoms with Crippen LogP contribution in [0.1, 0.15) is 66.4 Å². The van der Waals surface area contributed by atoms with Gasteiger partial charge in [-0.2, -0.15) is 0 Å². The molecule has 0 spiro atoms. The van der Waals surface area contributed by atoms with E-state index >= 15 is 0 Å². The molecular formula is C20H26N2O5. The summed E-state index contributed by atoms with van der Waals surface area (Å²) in [6.07, 6.45) is 5.59. The molecule has 7 nitrogen and oxygen atoms in total. The quantitative estimate of drug-likeness (QED) is 0.429. The third kappa shape index (κ3) is 5.64. The standard InChI is InChI=1S/C20H26N2O5/c21-19(26)17(7-5-11-23)22-13-15-10-9-14(12-16(15)20(22)27)6-3-1-2-4-8-18(24)25/h9-12,17H,1-8,13H2,(H2,21,26)(H,24,25). The molecule has 2 amide bonds. The summed E-state index contributed by atoms with van der Waals surface area (Å²) in [5.74, 6) is -1.58. The Balaban J connectivity index is 1.94. The molecule has 1 heterocycles. The monoisotopic (exact) mass is 374 g/mol. The highest BCUT2D eigenvalue weighted by Crippen LogP contribution is 2.27. The molecule has 0 radical (unpaired) electrons. The number of carboxylic acids is 1. The molecule has 27 heavy (non-hydrogen) atoms. The third-order valence-corrected chi connectivity index (χ3v) is 4.87. The van der Waals surface area contributed by atoms with Crippen LogP contribution in [-0.4, -0.2) is 40.1 Å². The molecule has 0 aliphatic carbocycles. The number of aryl methyl sites for hydroxylation is 1. The van der Waals surface area contributed by atoms with Gasteiger partial charge in [0.2, 0.25) is 5.91 Å². The average molecular weight is 374 g/mol. The zero-order valence-corrected chi connectivity index (χ0v) is 15.4. The van der Waals surface area contributed by atoms with Gasteiger partial charge < -0.3 is 20.5 Å². The second kappa shape index (κ2) is 9.85. The maximum atomic E-state index is 12.7. The van der Waals surface area contributed by atoms with Gasteiger partial charge in [0.15, 0.2) is 0 Å². The van der Waals surface area contributed by atoms with Crippen LogP contribution in [0.3, 0.4) is 0 Å². The number of hydrogen-bond acceptors (Lipinski definition) is 4. The SMILES string of the molecule is NC(=O)C(CCC=O)N1Cc2ccc(CCCCCCC(=O)O)cc2C1=O. The van der Waals surface area contributed by atoms with Crippen LogP contribution in [0.15, 0.2) is 18.2 Å². The highest BCUT2D eigenvalue weighted by molar-refractivity contribution is 6.01. The molecule has 0 aromatic heterocycles. The number of amides is 2. The van der Waals surface area contributed by atoms with E-state index in [1.807, 2.05) is 18.2 Å². The number of carboxylic acid groups (broad SMARTS) is 1. The van der Waals surface area contributed by atoms with E-state index in [0.717, 1.165) is 43.1 Å². The van der Waals surface area contributed by atoms with Crippen LogP contribution in [0.5, 0.6) is 0 Å². The van der Waals surface area contributed by atoms with Crippen molar-refractivity contribution in [2.75, 3.05) is 0 Å². The zero-order valence-electron chi connectivity index (χ0n) is 15.4. The highest BCUT2D eigenvalue weighted by atomic mass is 16.4. The van der Waals surface area contributed by atoms with E-state index in [1.54, 1.807) is 0 Å². The van der Waals surface area contributed by atoms with Gasteiger partial charge in [0.25, 0.3) is 5.91 Å². The maximum absolute atomic E-state index is 12.7. The van der Waals surface area contributed by atoms with E-state index in [2.05, 4.69) is 0 Å². The summed E-state index contributed by atoms with van der Waals surface area (Å²) < 4.78 is 0. The lowest BCUT2D eigenvalue weighted by atomic mass is 10.0. The Hall–Kier alpha value is -2.70. The lowest BCUT2D eigenvalue weighted by molar-refractivity contribution is -0.137. The Morgan fingerprint density at radius 1 is 1.22 bits per heavy atom. The van der Waals surface area contributed by atoms with Crippen LogP contribution >= 0.6 is 0 Å². The van der Waals surface area contributed by atoms with E-state index in [0.29, 0.717) is 18.5 Å². The van der Waals surface area contributed by atoms with Gasteiger partial charge in [0, 0.05) is 24.9 Å². The van der Waals surface area contributed by atoms with Crippen molar-refractivity contribution in [1.29, 1.82) is 0 Å². The fourth-order valence-corrected chi connectivity index (χ4v) is 3.41. The van der Waals surface area contributed by atoms with Crippen molar-refractivity contribution in [3.8, 4) is 0 Å². The minimum absolute atomic E-state index is 0.181. The fraction of sp³-hybridized carbons (Fsp3) is 0.500. The third-order valence-electron chi connectivity index (χ3n) is 4.87. The molecule has 7 heteroatoms. The molecule has 0 bridgehead atoms. The van der Waals surface area contributed by atoms with Crippen molar-refractivity contribution in [2.45, 2.75) is 64.0 Å². The number of aliphatic carboxylic acids is 1. The van der Waals surface area contributed by atoms with Crippen molar-refractivity contribution in [1.82, 2.24) is 4.90 Å². The number of hydrogen-bond donors (Lipinski definition) is 2. The molecule has 1 aliphatic rings. The first-order chi connectivity index (χ1) is 12.9. The normalized spacial score (nSPS) is 14.1. The number of carbonyl (C=O) groups excluding carboxylic acids is 3. The summed E-state index contributed by atoms with van der Waals surface area (Å²) in [6, 6.07) is 4.99. The molecule has 0 saturated heterocycles. The molecular weight excluding hydrogens is 348 g/mol. The molecule has 1 aliphatic heterocycles. The Morgan fingerprint density at radius 3 is 2.63 bits per heavy atom. The minimum Gasteiger partial charge on any atom is -0.481 e. The van der Waals surface area contributed by atoms with Gasteiger partial charge in [-0.15, -0.1) is 0 Å². The number of unbranched alkanes of at least 4 members (excludes halogenated alkanes) is 3. The molecule has 0 fully saturated rings. The second-order valence-electron chi connectivity index (χ2n) is 6.89. The van der Waals surface area contributed by atoms with Crippen LogP contribution < -0.4 is 5.73 Å². The number of nitrogens with two attached hydrogens (primary N) is 1. The van der Waals surface area contributed by atoms with Gasteiger partial charge in [-0.05, 0) is 42.9 Å². The number of aldehydes is 1. The summed E-state index contributed by atoms with van der Waals surface area (Å²) in [5, 5.41) is 8.62. The van der Waals surface area contributed by atoms with Gasteiger partial charge in [-0.3, -0.25) is 14.4 Å². The van der Waals surface area contributed by atoms with Gasteiger partial charge >= 0.3 is 5.97 Å². The van der Waals surface area contributed by atoms with Gasteiger partial charge in [-0.1, -0.05) is 25.0 Å². The minimum atomic E-state index is -0.771. The van der Waals surface area contributed by atoms with E-state index in [-0.39, 0.29) is 25.2 Å². The first-order valence-electron chi connectivity index (χ1n) is 9.31. The van der Waals surface area contributed by atoms with Crippen LogP contribution in [0.25, 0.3) is 0 Å². The van der Waals surface area contributed by atoms with Crippen LogP contribution in [-0.2, 0) is 27.3 Å². The lowest BCUT2D eigenvalue weighted by Gasteiger charge is -2.24. The second-order valence-corrected chi connectivity index (χ2v) is 6.89. The number of carbonyl (C=O) groups is 4. The summed E-state index contributed by atoms with van der Waals surface area (Å²) in [4.78, 5) is 47.0. The number of rotatable bonds is 12. The largest absolute Gasteiger partial charge is 0.481 e. The first-order valence-corrected chi connectivity index (χ1v) is 9.31. The highest BCUT2D eigenvalue weighted by Gasteiger charge is 2.35. The fourth-order valence-electron chi connectivity index (χ4n) is 3.41.